The Morgan fingerprint density at radius 3 is 3.07 bits per heavy atom. The van der Waals surface area contributed by atoms with E-state index in [1.54, 1.807) is 0 Å². The van der Waals surface area contributed by atoms with E-state index in [4.69, 9.17) is 4.74 Å². The Labute approximate surface area is 80.1 Å². The van der Waals surface area contributed by atoms with Crippen molar-refractivity contribution in [3.05, 3.63) is 28.4 Å². The van der Waals surface area contributed by atoms with Gasteiger partial charge in [0.2, 0.25) is 0 Å². The van der Waals surface area contributed by atoms with Crippen molar-refractivity contribution >= 4 is 5.78 Å². The fraction of sp³-hybridized carbons (Fsp3) is 0.444. The Morgan fingerprint density at radius 2 is 2.36 bits per heavy atom. The lowest BCUT2D eigenvalue weighted by Gasteiger charge is -2.20. The van der Waals surface area contributed by atoms with Crippen molar-refractivity contribution < 1.29 is 9.53 Å². The number of hydrogen-bond donors (Lipinski definition) is 1. The van der Waals surface area contributed by atoms with Crippen molar-refractivity contribution in [3.63, 3.8) is 0 Å². The minimum Gasteiger partial charge on any atom is -0.369 e. The molecule has 0 spiro atoms. The van der Waals surface area contributed by atoms with E-state index in [2.05, 4.69) is 9.97 Å². The Balaban J connectivity index is 2.22. The van der Waals surface area contributed by atoms with Gasteiger partial charge in [-0.1, -0.05) is 0 Å². The Bertz CT molecular complexity index is 399. The zero-order valence-corrected chi connectivity index (χ0v) is 7.53. The smallest absolute Gasteiger partial charge is 0.250 e. The zero-order valence-electron chi connectivity index (χ0n) is 7.53. The molecule has 0 bridgehead atoms. The average Bonchev–Trinajstić information content (AvgIpc) is 2.18. The molecule has 1 N–H and O–H groups in total. The lowest BCUT2D eigenvalue weighted by atomic mass is 10.1. The van der Waals surface area contributed by atoms with E-state index in [0.717, 1.165) is 0 Å². The highest BCUT2D eigenvalue weighted by atomic mass is 16.5. The number of ether oxygens (including phenoxy) is 1. The molecule has 74 valence electrons. The fourth-order valence-corrected chi connectivity index (χ4v) is 1.41. The summed E-state index contributed by atoms with van der Waals surface area (Å²) in [6.45, 7) is 0.405. The number of aromatic nitrogens is 2. The van der Waals surface area contributed by atoms with Crippen LogP contribution in [-0.2, 0) is 9.53 Å². The summed E-state index contributed by atoms with van der Waals surface area (Å²) < 4.78 is 5.34. The van der Waals surface area contributed by atoms with E-state index in [0.29, 0.717) is 25.3 Å². The highest BCUT2D eigenvalue weighted by molar-refractivity contribution is 5.79. The molecule has 0 aliphatic carbocycles. The molecule has 1 fully saturated rings. The number of carbonyl (C=O) groups is 1. The van der Waals surface area contributed by atoms with Gasteiger partial charge >= 0.3 is 0 Å². The van der Waals surface area contributed by atoms with Crippen LogP contribution in [0.15, 0.2) is 17.1 Å². The van der Waals surface area contributed by atoms with Crippen LogP contribution < -0.4 is 5.56 Å². The number of Topliss-reactive ketones (excluding diaryl/α,β-unsaturated/α-hetero) is 1. The Morgan fingerprint density at radius 1 is 1.50 bits per heavy atom. The van der Waals surface area contributed by atoms with Gasteiger partial charge in [0.25, 0.3) is 5.56 Å². The first-order chi connectivity index (χ1) is 6.75. The first kappa shape index (κ1) is 9.08. The van der Waals surface area contributed by atoms with E-state index in [1.165, 1.54) is 12.3 Å². The van der Waals surface area contributed by atoms with Gasteiger partial charge in [0.1, 0.15) is 17.7 Å². The molecule has 1 aromatic rings. The van der Waals surface area contributed by atoms with Gasteiger partial charge in [0.05, 0.1) is 6.61 Å². The third-order valence-electron chi connectivity index (χ3n) is 2.11. The third-order valence-corrected chi connectivity index (χ3v) is 2.11. The molecule has 5 heteroatoms. The summed E-state index contributed by atoms with van der Waals surface area (Å²) in [4.78, 5) is 28.6. The monoisotopic (exact) mass is 194 g/mol. The van der Waals surface area contributed by atoms with Gasteiger partial charge in [0, 0.05) is 25.1 Å². The molecule has 1 unspecified atom stereocenters. The number of aromatic amines is 1. The van der Waals surface area contributed by atoms with Crippen molar-refractivity contribution in [3.8, 4) is 0 Å². The molecular weight excluding hydrogens is 184 g/mol. The number of nitrogens with zero attached hydrogens (tertiary/aromatic N) is 1. The van der Waals surface area contributed by atoms with E-state index >= 15 is 0 Å². The highest BCUT2D eigenvalue weighted by Gasteiger charge is 2.23. The fourth-order valence-electron chi connectivity index (χ4n) is 1.41. The summed E-state index contributed by atoms with van der Waals surface area (Å²) in [5.74, 6) is 0.582. The van der Waals surface area contributed by atoms with Crippen molar-refractivity contribution in [1.82, 2.24) is 9.97 Å². The lowest BCUT2D eigenvalue weighted by molar-refractivity contribution is -0.129. The van der Waals surface area contributed by atoms with E-state index in [-0.39, 0.29) is 17.4 Å². The number of H-pyrrole nitrogens is 1. The molecule has 2 rings (SSSR count). The van der Waals surface area contributed by atoms with Crippen LogP contribution in [-0.4, -0.2) is 22.4 Å². The largest absolute Gasteiger partial charge is 0.369 e. The van der Waals surface area contributed by atoms with Crippen LogP contribution in [0.3, 0.4) is 0 Å². The van der Waals surface area contributed by atoms with Crippen LogP contribution in [0.25, 0.3) is 0 Å². The molecule has 2 heterocycles. The number of hydrogen-bond acceptors (Lipinski definition) is 4. The highest BCUT2D eigenvalue weighted by Crippen LogP contribution is 2.21. The third kappa shape index (κ3) is 1.88. The van der Waals surface area contributed by atoms with Gasteiger partial charge in [-0.3, -0.25) is 9.59 Å². The Hall–Kier alpha value is -1.49. The quantitative estimate of drug-likeness (QED) is 0.692. The summed E-state index contributed by atoms with van der Waals surface area (Å²) in [6, 6.07) is 1.33. The molecule has 1 aliphatic heterocycles. The lowest BCUT2D eigenvalue weighted by Crippen LogP contribution is -2.23. The van der Waals surface area contributed by atoms with Crippen LogP contribution >= 0.6 is 0 Å². The second kappa shape index (κ2) is 3.71. The van der Waals surface area contributed by atoms with Gasteiger partial charge in [-0.25, -0.2) is 4.98 Å². The maximum atomic E-state index is 11.1. The summed E-state index contributed by atoms with van der Waals surface area (Å²) in [6.07, 6.45) is 1.78. The molecule has 1 aliphatic rings. The summed E-state index contributed by atoms with van der Waals surface area (Å²) in [5.41, 5.74) is -0.225. The zero-order chi connectivity index (χ0) is 9.97. The van der Waals surface area contributed by atoms with Crippen LogP contribution in [0.5, 0.6) is 0 Å². The van der Waals surface area contributed by atoms with Crippen LogP contribution in [0, 0.1) is 0 Å². The SMILES string of the molecule is O=C1CCOC(c2nccc(=O)[nH]2)C1. The molecule has 5 nitrogen and oxygen atoms in total. The first-order valence-corrected chi connectivity index (χ1v) is 4.44. The standard InChI is InChI=1S/C9H10N2O3/c12-6-2-4-14-7(5-6)9-10-3-1-8(13)11-9/h1,3,7H,2,4-5H2,(H,10,11,13). The van der Waals surface area contributed by atoms with E-state index in [1.807, 2.05) is 0 Å². The molecule has 0 saturated carbocycles. The summed E-state index contributed by atoms with van der Waals surface area (Å²) >= 11 is 0. The predicted molar refractivity (Wildman–Crippen MR) is 47.8 cm³/mol. The molecule has 0 aromatic carbocycles. The predicted octanol–water partition coefficient (Wildman–Crippen LogP) is 0.190. The van der Waals surface area contributed by atoms with Gasteiger partial charge in [-0.2, -0.15) is 0 Å². The van der Waals surface area contributed by atoms with Gasteiger partial charge in [-0.15, -0.1) is 0 Å². The van der Waals surface area contributed by atoms with Gasteiger partial charge < -0.3 is 9.72 Å². The van der Waals surface area contributed by atoms with E-state index < -0.39 is 0 Å². The molecular formula is C9H10N2O3. The van der Waals surface area contributed by atoms with Crippen molar-refractivity contribution in [2.75, 3.05) is 6.61 Å². The average molecular weight is 194 g/mol. The molecule has 0 amide bonds. The number of ketones is 1. The van der Waals surface area contributed by atoms with Crippen LogP contribution in [0.2, 0.25) is 0 Å². The number of nitrogens with one attached hydrogen (secondary N) is 1. The maximum absolute atomic E-state index is 11.1. The molecule has 1 saturated heterocycles. The van der Waals surface area contributed by atoms with E-state index in [9.17, 15) is 9.59 Å². The normalized spacial score (nSPS) is 22.3. The second-order valence-electron chi connectivity index (χ2n) is 3.17. The molecule has 0 radical (unpaired) electrons. The van der Waals surface area contributed by atoms with Crippen LogP contribution in [0.1, 0.15) is 24.8 Å². The number of rotatable bonds is 1. The van der Waals surface area contributed by atoms with Crippen LogP contribution in [0.4, 0.5) is 0 Å². The molecule has 14 heavy (non-hydrogen) atoms. The maximum Gasteiger partial charge on any atom is 0.250 e. The van der Waals surface area contributed by atoms with Crippen molar-refractivity contribution in [2.45, 2.75) is 18.9 Å². The summed E-state index contributed by atoms with van der Waals surface area (Å²) in [5, 5.41) is 0. The van der Waals surface area contributed by atoms with Crippen molar-refractivity contribution in [2.24, 2.45) is 0 Å². The molecule has 1 atom stereocenters. The Kier molecular flexibility index (Phi) is 2.41. The number of carbonyl (C=O) groups excluding carboxylic acids is 1. The topological polar surface area (TPSA) is 72.0 Å². The molecule has 1 aromatic heterocycles. The minimum absolute atomic E-state index is 0.146. The minimum atomic E-state index is -0.384. The first-order valence-electron chi connectivity index (χ1n) is 4.44. The van der Waals surface area contributed by atoms with Gasteiger partial charge in [0.15, 0.2) is 0 Å². The van der Waals surface area contributed by atoms with Gasteiger partial charge in [-0.05, 0) is 0 Å². The van der Waals surface area contributed by atoms with Crippen molar-refractivity contribution in [1.29, 1.82) is 0 Å². The summed E-state index contributed by atoms with van der Waals surface area (Å²) in [7, 11) is 0. The second-order valence-corrected chi connectivity index (χ2v) is 3.17.